The van der Waals surface area contributed by atoms with Crippen LogP contribution >= 0.6 is 11.6 Å². The molecule has 2 rings (SSSR count). The summed E-state index contributed by atoms with van der Waals surface area (Å²) in [5, 5.41) is 4.39. The van der Waals surface area contributed by atoms with Crippen molar-refractivity contribution in [2.75, 3.05) is 11.9 Å². The van der Waals surface area contributed by atoms with Gasteiger partial charge >= 0.3 is 6.18 Å². The van der Waals surface area contributed by atoms with E-state index < -0.39 is 35.0 Å². The lowest BCUT2D eigenvalue weighted by atomic mass is 10.1. The SMILES string of the molecule is O=C(CC(=O)Nc1ccc(Cl)c(C(F)(F)F)c1)NCCc1ccccc1. The van der Waals surface area contributed by atoms with E-state index in [0.717, 1.165) is 17.7 Å². The number of amides is 2. The number of halogens is 4. The second-order valence-electron chi connectivity index (χ2n) is 5.50. The lowest BCUT2D eigenvalue weighted by Crippen LogP contribution is -2.29. The summed E-state index contributed by atoms with van der Waals surface area (Å²) in [5.74, 6) is -1.22. The Balaban J connectivity index is 1.83. The van der Waals surface area contributed by atoms with Gasteiger partial charge in [0.1, 0.15) is 6.42 Å². The van der Waals surface area contributed by atoms with Crippen LogP contribution in [0.25, 0.3) is 0 Å². The molecule has 0 unspecified atom stereocenters. The van der Waals surface area contributed by atoms with Crippen LogP contribution in [-0.4, -0.2) is 18.4 Å². The highest BCUT2D eigenvalue weighted by atomic mass is 35.5. The summed E-state index contributed by atoms with van der Waals surface area (Å²) in [5.41, 5.74) is -0.0915. The number of carbonyl (C=O) groups excluding carboxylic acids is 2. The summed E-state index contributed by atoms with van der Waals surface area (Å²) in [6.07, 6.45) is -4.51. The molecule has 0 saturated heterocycles. The molecule has 0 aliphatic rings. The van der Waals surface area contributed by atoms with Crippen LogP contribution in [-0.2, 0) is 22.2 Å². The minimum Gasteiger partial charge on any atom is -0.355 e. The van der Waals surface area contributed by atoms with E-state index >= 15 is 0 Å². The molecule has 0 saturated carbocycles. The summed E-state index contributed by atoms with van der Waals surface area (Å²) < 4.78 is 38.4. The van der Waals surface area contributed by atoms with Crippen molar-refractivity contribution in [2.45, 2.75) is 19.0 Å². The average molecular weight is 385 g/mol. The van der Waals surface area contributed by atoms with Gasteiger partial charge in [-0.25, -0.2) is 0 Å². The third-order valence-corrected chi connectivity index (χ3v) is 3.78. The molecule has 0 aliphatic carbocycles. The maximum Gasteiger partial charge on any atom is 0.417 e. The Labute approximate surface area is 153 Å². The highest BCUT2D eigenvalue weighted by Crippen LogP contribution is 2.36. The Morgan fingerprint density at radius 3 is 2.35 bits per heavy atom. The molecule has 0 aliphatic heterocycles. The summed E-state index contributed by atoms with van der Waals surface area (Å²) in [7, 11) is 0. The number of hydrogen-bond donors (Lipinski definition) is 2. The van der Waals surface area contributed by atoms with Gasteiger partial charge in [0.15, 0.2) is 0 Å². The Morgan fingerprint density at radius 1 is 1.00 bits per heavy atom. The topological polar surface area (TPSA) is 58.2 Å². The zero-order chi connectivity index (χ0) is 19.2. The van der Waals surface area contributed by atoms with Gasteiger partial charge in [-0.15, -0.1) is 0 Å². The van der Waals surface area contributed by atoms with Crippen molar-refractivity contribution >= 4 is 29.1 Å². The second kappa shape index (κ2) is 8.71. The zero-order valence-electron chi connectivity index (χ0n) is 13.6. The van der Waals surface area contributed by atoms with Crippen LogP contribution in [0.5, 0.6) is 0 Å². The molecule has 8 heteroatoms. The monoisotopic (exact) mass is 384 g/mol. The van der Waals surface area contributed by atoms with Crippen molar-refractivity contribution in [1.29, 1.82) is 0 Å². The molecular formula is C18H16ClF3N2O2. The van der Waals surface area contributed by atoms with Gasteiger partial charge in [0.05, 0.1) is 10.6 Å². The van der Waals surface area contributed by atoms with Crippen molar-refractivity contribution in [3.05, 3.63) is 64.7 Å². The molecule has 0 heterocycles. The molecule has 0 atom stereocenters. The molecule has 4 nitrogen and oxygen atoms in total. The maximum atomic E-state index is 12.8. The van der Waals surface area contributed by atoms with Crippen molar-refractivity contribution in [1.82, 2.24) is 5.32 Å². The molecule has 0 spiro atoms. The Hall–Kier alpha value is -2.54. The normalized spacial score (nSPS) is 11.1. The van der Waals surface area contributed by atoms with Crippen LogP contribution in [0.4, 0.5) is 18.9 Å². The van der Waals surface area contributed by atoms with Crippen molar-refractivity contribution < 1.29 is 22.8 Å². The first-order valence-electron chi connectivity index (χ1n) is 7.73. The van der Waals surface area contributed by atoms with E-state index in [-0.39, 0.29) is 5.69 Å². The summed E-state index contributed by atoms with van der Waals surface area (Å²) in [6, 6.07) is 12.5. The summed E-state index contributed by atoms with van der Waals surface area (Å²) >= 11 is 5.51. The minimum atomic E-state index is -4.63. The Kier molecular flexibility index (Phi) is 6.63. The second-order valence-corrected chi connectivity index (χ2v) is 5.91. The Bertz CT molecular complexity index is 780. The maximum absolute atomic E-state index is 12.8. The fraction of sp³-hybridized carbons (Fsp3) is 0.222. The van der Waals surface area contributed by atoms with Crippen LogP contribution < -0.4 is 10.6 Å². The highest BCUT2D eigenvalue weighted by Gasteiger charge is 2.33. The fourth-order valence-electron chi connectivity index (χ4n) is 2.22. The first-order chi connectivity index (χ1) is 12.3. The van der Waals surface area contributed by atoms with E-state index in [1.54, 1.807) is 0 Å². The number of benzene rings is 2. The van der Waals surface area contributed by atoms with Crippen LogP contribution in [0.1, 0.15) is 17.5 Å². The first-order valence-corrected chi connectivity index (χ1v) is 8.11. The first kappa shape index (κ1) is 19.8. The zero-order valence-corrected chi connectivity index (χ0v) is 14.3. The van der Waals surface area contributed by atoms with Crippen LogP contribution in [0, 0.1) is 0 Å². The van der Waals surface area contributed by atoms with Crippen LogP contribution in [0.3, 0.4) is 0 Å². The van der Waals surface area contributed by atoms with Crippen molar-refractivity contribution in [3.8, 4) is 0 Å². The quantitative estimate of drug-likeness (QED) is 0.738. The van der Waals surface area contributed by atoms with Gasteiger partial charge < -0.3 is 10.6 Å². The molecule has 0 radical (unpaired) electrons. The summed E-state index contributed by atoms with van der Waals surface area (Å²) in [6.45, 7) is 0.356. The van der Waals surface area contributed by atoms with E-state index in [9.17, 15) is 22.8 Å². The van der Waals surface area contributed by atoms with Gasteiger partial charge in [0.25, 0.3) is 0 Å². The number of carbonyl (C=O) groups is 2. The molecule has 138 valence electrons. The lowest BCUT2D eigenvalue weighted by Gasteiger charge is -2.12. The molecule has 2 aromatic rings. The molecule has 2 amide bonds. The number of hydrogen-bond acceptors (Lipinski definition) is 2. The van der Waals surface area contributed by atoms with Crippen LogP contribution in [0.15, 0.2) is 48.5 Å². The van der Waals surface area contributed by atoms with Crippen molar-refractivity contribution in [2.24, 2.45) is 0 Å². The number of nitrogens with one attached hydrogen (secondary N) is 2. The van der Waals surface area contributed by atoms with E-state index in [2.05, 4.69) is 10.6 Å². The number of alkyl halides is 3. The predicted molar refractivity (Wildman–Crippen MR) is 92.9 cm³/mol. The van der Waals surface area contributed by atoms with Gasteiger partial charge in [0, 0.05) is 12.2 Å². The molecule has 0 aromatic heterocycles. The standard InChI is InChI=1S/C18H16ClF3N2O2/c19-15-7-6-13(10-14(15)18(20,21)22)24-17(26)11-16(25)23-9-8-12-4-2-1-3-5-12/h1-7,10H,8-9,11H2,(H,23,25)(H,24,26). The lowest BCUT2D eigenvalue weighted by molar-refractivity contribution is -0.137. The number of anilines is 1. The third-order valence-electron chi connectivity index (χ3n) is 3.46. The van der Waals surface area contributed by atoms with E-state index in [1.807, 2.05) is 30.3 Å². The number of rotatable bonds is 6. The minimum absolute atomic E-state index is 0.0798. The largest absolute Gasteiger partial charge is 0.417 e. The molecule has 0 fully saturated rings. The predicted octanol–water partition coefficient (Wildman–Crippen LogP) is 4.05. The van der Waals surface area contributed by atoms with Gasteiger partial charge in [-0.3, -0.25) is 9.59 Å². The van der Waals surface area contributed by atoms with E-state index in [4.69, 9.17) is 11.6 Å². The molecule has 26 heavy (non-hydrogen) atoms. The molecule has 0 bridgehead atoms. The Morgan fingerprint density at radius 2 is 1.69 bits per heavy atom. The van der Waals surface area contributed by atoms with Crippen LogP contribution in [0.2, 0.25) is 5.02 Å². The van der Waals surface area contributed by atoms with Gasteiger partial charge in [-0.05, 0) is 30.2 Å². The average Bonchev–Trinajstić information content (AvgIpc) is 2.56. The van der Waals surface area contributed by atoms with Gasteiger partial charge in [0.2, 0.25) is 11.8 Å². The van der Waals surface area contributed by atoms with E-state index in [0.29, 0.717) is 13.0 Å². The summed E-state index contributed by atoms with van der Waals surface area (Å²) in [4.78, 5) is 23.6. The molecule has 2 N–H and O–H groups in total. The highest BCUT2D eigenvalue weighted by molar-refractivity contribution is 6.31. The van der Waals surface area contributed by atoms with Gasteiger partial charge in [-0.2, -0.15) is 13.2 Å². The smallest absolute Gasteiger partial charge is 0.355 e. The third kappa shape index (κ3) is 6.07. The van der Waals surface area contributed by atoms with E-state index in [1.165, 1.54) is 6.07 Å². The fourth-order valence-corrected chi connectivity index (χ4v) is 2.45. The van der Waals surface area contributed by atoms with Crippen molar-refractivity contribution in [3.63, 3.8) is 0 Å². The molecule has 2 aromatic carbocycles. The van der Waals surface area contributed by atoms with Gasteiger partial charge in [-0.1, -0.05) is 41.9 Å². The molecular weight excluding hydrogens is 369 g/mol.